The Kier molecular flexibility index (Phi) is 12.9. The van der Waals surface area contributed by atoms with Crippen LogP contribution in [0, 0.1) is 13.8 Å². The van der Waals surface area contributed by atoms with E-state index in [0.29, 0.717) is 56.1 Å². The number of aromatic nitrogens is 6. The van der Waals surface area contributed by atoms with Gasteiger partial charge in [-0.25, -0.2) is 19.1 Å². The molecule has 1 unspecified atom stereocenters. The van der Waals surface area contributed by atoms with Gasteiger partial charge in [0.05, 0.1) is 36.0 Å². The van der Waals surface area contributed by atoms with E-state index in [-0.39, 0.29) is 24.7 Å². The minimum absolute atomic E-state index is 0.0601. The van der Waals surface area contributed by atoms with Crippen LogP contribution in [0.25, 0.3) is 44.9 Å². The van der Waals surface area contributed by atoms with Gasteiger partial charge in [-0.05, 0) is 117 Å². The third-order valence-corrected chi connectivity index (χ3v) is 12.4. The first kappa shape index (κ1) is 44.1. The van der Waals surface area contributed by atoms with Gasteiger partial charge in [-0.3, -0.25) is 9.59 Å². The SMILES string of the molecule is C=Cc1c(C)c2cc3nc(cc4[nH]c(cc5nc(cc1[nH]2)C(C)=C5CCC(=O)NCc1ccc[n+](C)c1)c(CCC(=O)NCc1ccc[n+](C)c1)c4C)C(C)(O)/C3=C/C1OCCCO1. The molecule has 8 heterocycles. The second kappa shape index (κ2) is 18.7. The molecule has 0 aliphatic carbocycles. The van der Waals surface area contributed by atoms with Gasteiger partial charge in [0.15, 0.2) is 31.1 Å². The lowest BCUT2D eigenvalue weighted by Crippen LogP contribution is -2.29. The zero-order valence-corrected chi connectivity index (χ0v) is 37.6. The van der Waals surface area contributed by atoms with Gasteiger partial charge in [0.25, 0.3) is 0 Å². The summed E-state index contributed by atoms with van der Waals surface area (Å²) in [7, 11) is 3.91. The molecule has 1 fully saturated rings. The van der Waals surface area contributed by atoms with Gasteiger partial charge in [-0.15, -0.1) is 0 Å². The fraction of sp³-hybridized carbons (Fsp3) is 0.333. The largest absolute Gasteiger partial charge is 0.379 e. The Bertz CT molecular complexity index is 2880. The van der Waals surface area contributed by atoms with Crippen LogP contribution in [0.2, 0.25) is 0 Å². The zero-order chi connectivity index (χ0) is 45.1. The lowest BCUT2D eigenvalue weighted by molar-refractivity contribution is -0.672. The van der Waals surface area contributed by atoms with Crippen molar-refractivity contribution in [3.8, 4) is 0 Å². The second-order valence-electron chi connectivity index (χ2n) is 17.1. The van der Waals surface area contributed by atoms with Gasteiger partial charge in [-0.1, -0.05) is 12.7 Å². The summed E-state index contributed by atoms with van der Waals surface area (Å²) in [4.78, 5) is 44.4. The van der Waals surface area contributed by atoms with Crippen LogP contribution in [0.15, 0.2) is 86.0 Å². The maximum absolute atomic E-state index is 13.4. The Hall–Kier alpha value is -6.54. The number of carbonyl (C=O) groups excluding carboxylic acids is 2. The number of aryl methyl sites for hydroxylation is 5. The van der Waals surface area contributed by atoms with Crippen LogP contribution in [0.3, 0.4) is 0 Å². The molecule has 0 aromatic carbocycles. The molecule has 0 radical (unpaired) electrons. The Morgan fingerprint density at radius 1 is 0.828 bits per heavy atom. The molecule has 1 saturated heterocycles. The average Bonchev–Trinajstić information content (AvgIpc) is 3.91. The normalized spacial score (nSPS) is 17.2. The first-order chi connectivity index (χ1) is 30.8. The summed E-state index contributed by atoms with van der Waals surface area (Å²) in [6, 6.07) is 15.8. The van der Waals surface area contributed by atoms with Crippen molar-refractivity contribution in [1.29, 1.82) is 0 Å². The number of hydrogen-bond donors (Lipinski definition) is 5. The van der Waals surface area contributed by atoms with Gasteiger partial charge >= 0.3 is 0 Å². The number of nitrogens with one attached hydrogen (secondary N) is 4. The highest BCUT2D eigenvalue weighted by atomic mass is 16.7. The standard InChI is InChI=1S/C51H56N8O5/c1-8-36-31(2)41-24-46-39(22-50-63-20-11-21-64-50)51(5,62)47(57-46)26-42-33(4)38(15-17-49(61)53-28-35-13-10-19-59(7)30-35)45(56-42)25-44-37(32(3)40(55-44)23-43(36)54-41)14-16-48(60)52-27-34-12-9-18-58(6)29-34/h8-10,12-13,18-19,22-26,29-30,50,62H,1,11,14-17,20-21,27-28H2,2-7H3,(H2-2,52,53,54,55,56,57,60,61)/p+2/b39-22+. The van der Waals surface area contributed by atoms with Crippen LogP contribution in [-0.4, -0.2) is 56.4 Å². The Labute approximate surface area is 373 Å². The molecule has 13 nitrogen and oxygen atoms in total. The number of amides is 2. The third-order valence-electron chi connectivity index (χ3n) is 12.4. The Morgan fingerprint density at radius 2 is 1.42 bits per heavy atom. The van der Waals surface area contributed by atoms with Gasteiger partial charge in [0.1, 0.15) is 19.7 Å². The third kappa shape index (κ3) is 9.52. The van der Waals surface area contributed by atoms with Crippen LogP contribution in [0.5, 0.6) is 0 Å². The molecule has 2 amide bonds. The summed E-state index contributed by atoms with van der Waals surface area (Å²) in [5, 5.41) is 18.6. The van der Waals surface area contributed by atoms with E-state index in [2.05, 4.69) is 27.2 Å². The predicted molar refractivity (Wildman–Crippen MR) is 247 cm³/mol. The first-order valence-electron chi connectivity index (χ1n) is 21.9. The van der Waals surface area contributed by atoms with E-state index in [1.54, 1.807) is 6.92 Å². The van der Waals surface area contributed by atoms with Crippen molar-refractivity contribution in [2.75, 3.05) is 13.2 Å². The predicted octanol–water partition coefficient (Wildman–Crippen LogP) is 6.55. The molecule has 64 heavy (non-hydrogen) atoms. The summed E-state index contributed by atoms with van der Waals surface area (Å²) < 4.78 is 15.8. The van der Waals surface area contributed by atoms with Crippen molar-refractivity contribution in [3.05, 3.63) is 142 Å². The molecule has 0 saturated carbocycles. The number of aliphatic hydroxyl groups is 1. The second-order valence-corrected chi connectivity index (χ2v) is 17.1. The van der Waals surface area contributed by atoms with E-state index < -0.39 is 11.9 Å². The van der Waals surface area contributed by atoms with E-state index in [4.69, 9.17) is 19.4 Å². The van der Waals surface area contributed by atoms with Crippen molar-refractivity contribution in [3.63, 3.8) is 0 Å². The van der Waals surface area contributed by atoms with E-state index >= 15 is 0 Å². The van der Waals surface area contributed by atoms with Gasteiger partial charge in [0, 0.05) is 82.4 Å². The van der Waals surface area contributed by atoms with E-state index in [9.17, 15) is 14.7 Å². The van der Waals surface area contributed by atoms with Gasteiger partial charge in [-0.2, -0.15) is 0 Å². The van der Waals surface area contributed by atoms with Crippen molar-refractivity contribution in [2.45, 2.75) is 84.8 Å². The minimum atomic E-state index is -1.51. The van der Waals surface area contributed by atoms with Crippen LogP contribution >= 0.6 is 0 Å². The van der Waals surface area contributed by atoms with E-state index in [1.807, 2.05) is 129 Å². The molecule has 1 atom stereocenters. The molecule has 5 N–H and O–H groups in total. The van der Waals surface area contributed by atoms with E-state index in [0.717, 1.165) is 84.4 Å². The molecule has 13 heteroatoms. The highest BCUT2D eigenvalue weighted by molar-refractivity contribution is 5.95. The smallest absolute Gasteiger partial charge is 0.220 e. The van der Waals surface area contributed by atoms with Crippen molar-refractivity contribution < 1.29 is 33.3 Å². The average molecular weight is 863 g/mol. The number of fused-ring (bicyclic) bond motifs is 8. The van der Waals surface area contributed by atoms with Crippen molar-refractivity contribution in [2.24, 2.45) is 14.1 Å². The minimum Gasteiger partial charge on any atom is -0.379 e. The summed E-state index contributed by atoms with van der Waals surface area (Å²) in [5.41, 5.74) is 12.4. The lowest BCUT2D eigenvalue weighted by Gasteiger charge is -2.24. The highest BCUT2D eigenvalue weighted by Crippen LogP contribution is 2.41. The summed E-state index contributed by atoms with van der Waals surface area (Å²) in [6.07, 6.45) is 13.1. The molecular formula is C51H58N8O5+2. The summed E-state index contributed by atoms with van der Waals surface area (Å²) in [5.74, 6) is -0.134. The monoisotopic (exact) mass is 862 g/mol. The molecular weight excluding hydrogens is 805 g/mol. The molecule has 3 aliphatic rings. The number of nitrogens with zero attached hydrogens (tertiary/aromatic N) is 4. The molecule has 8 bridgehead atoms. The molecule has 330 valence electrons. The summed E-state index contributed by atoms with van der Waals surface area (Å²) >= 11 is 0. The lowest BCUT2D eigenvalue weighted by atomic mass is 9.92. The summed E-state index contributed by atoms with van der Waals surface area (Å²) in [6.45, 7) is 14.0. The van der Waals surface area contributed by atoms with E-state index in [1.165, 1.54) is 0 Å². The Balaban J connectivity index is 1.26. The topological polar surface area (TPSA) is 162 Å². The maximum Gasteiger partial charge on any atom is 0.220 e. The first-order valence-corrected chi connectivity index (χ1v) is 21.9. The molecule has 3 aliphatic heterocycles. The molecule has 5 aromatic rings. The van der Waals surface area contributed by atoms with Gasteiger partial charge < -0.3 is 35.2 Å². The Morgan fingerprint density at radius 3 is 2.06 bits per heavy atom. The van der Waals surface area contributed by atoms with Crippen LogP contribution in [0.4, 0.5) is 0 Å². The number of rotatable bonds is 12. The van der Waals surface area contributed by atoms with Crippen LogP contribution in [-0.2, 0) is 58.3 Å². The van der Waals surface area contributed by atoms with Crippen LogP contribution < -0.4 is 19.8 Å². The van der Waals surface area contributed by atoms with Gasteiger partial charge in [0.2, 0.25) is 11.8 Å². The molecule has 5 aromatic heterocycles. The number of aromatic amines is 2. The molecule has 8 rings (SSSR count). The number of allylic oxidation sites excluding steroid dienone is 2. The van der Waals surface area contributed by atoms with Crippen LogP contribution in [0.1, 0.15) is 95.7 Å². The highest BCUT2D eigenvalue weighted by Gasteiger charge is 2.38. The fourth-order valence-corrected chi connectivity index (χ4v) is 8.71. The van der Waals surface area contributed by atoms with Crippen molar-refractivity contribution >= 4 is 56.7 Å². The van der Waals surface area contributed by atoms with Crippen molar-refractivity contribution in [1.82, 2.24) is 30.6 Å². The number of carbonyl (C=O) groups is 2. The number of H-pyrrole nitrogens is 2. The quantitative estimate of drug-likeness (QED) is 0.0889. The number of ether oxygens (including phenoxy) is 2. The number of hydrogen-bond acceptors (Lipinski definition) is 7. The molecule has 0 spiro atoms. The zero-order valence-electron chi connectivity index (χ0n) is 37.6. The fourth-order valence-electron chi connectivity index (χ4n) is 8.71. The number of pyridine rings is 2. The maximum atomic E-state index is 13.4.